The summed E-state index contributed by atoms with van der Waals surface area (Å²) in [7, 11) is 1.68. The summed E-state index contributed by atoms with van der Waals surface area (Å²) in [4.78, 5) is 12.4. The number of ketones is 1. The number of rotatable bonds is 3. The Bertz CT molecular complexity index is 258. The number of methoxy groups -OCH3 is 1. The molecule has 2 rings (SSSR count). The summed E-state index contributed by atoms with van der Waals surface area (Å²) in [5.74, 6) is 0.429. The maximum atomic E-state index is 12.4. The van der Waals surface area contributed by atoms with Crippen molar-refractivity contribution >= 4 is 5.78 Å². The van der Waals surface area contributed by atoms with Gasteiger partial charge in [0.1, 0.15) is 5.78 Å². The second kappa shape index (κ2) is 5.96. The van der Waals surface area contributed by atoms with Crippen LogP contribution in [0.5, 0.6) is 0 Å². The number of Topliss-reactive ketones (excluding diaryl/α,β-unsaturated/α-hetero) is 1. The fourth-order valence-corrected chi connectivity index (χ4v) is 3.35. The summed E-state index contributed by atoms with van der Waals surface area (Å²) in [6.07, 6.45) is 7.70. The molecule has 0 saturated heterocycles. The SMILES string of the molecule is COC1CCC(C(=O)C2CCCCC2)C(O)C1. The molecule has 17 heavy (non-hydrogen) atoms. The van der Waals surface area contributed by atoms with Crippen molar-refractivity contribution in [2.45, 2.75) is 63.6 Å². The summed E-state index contributed by atoms with van der Waals surface area (Å²) in [5, 5.41) is 10.1. The minimum Gasteiger partial charge on any atom is -0.392 e. The van der Waals surface area contributed by atoms with Crippen molar-refractivity contribution in [1.82, 2.24) is 0 Å². The van der Waals surface area contributed by atoms with Gasteiger partial charge >= 0.3 is 0 Å². The molecule has 1 N–H and O–H groups in total. The molecule has 0 aromatic heterocycles. The lowest BCUT2D eigenvalue weighted by molar-refractivity contribution is -0.135. The number of aliphatic hydroxyl groups excluding tert-OH is 1. The third kappa shape index (κ3) is 3.08. The van der Waals surface area contributed by atoms with Gasteiger partial charge in [-0.3, -0.25) is 4.79 Å². The Morgan fingerprint density at radius 2 is 1.82 bits per heavy atom. The summed E-state index contributed by atoms with van der Waals surface area (Å²) in [5.41, 5.74) is 0. The van der Waals surface area contributed by atoms with Crippen LogP contribution < -0.4 is 0 Å². The first-order valence-corrected chi connectivity index (χ1v) is 6.97. The van der Waals surface area contributed by atoms with Gasteiger partial charge in [-0.15, -0.1) is 0 Å². The van der Waals surface area contributed by atoms with Crippen LogP contribution in [0.3, 0.4) is 0 Å². The monoisotopic (exact) mass is 240 g/mol. The fourth-order valence-electron chi connectivity index (χ4n) is 3.35. The molecule has 3 heteroatoms. The van der Waals surface area contributed by atoms with Gasteiger partial charge in [-0.2, -0.15) is 0 Å². The van der Waals surface area contributed by atoms with Crippen molar-refractivity contribution in [3.63, 3.8) is 0 Å². The predicted octanol–water partition coefficient (Wildman–Crippen LogP) is 2.31. The maximum absolute atomic E-state index is 12.4. The maximum Gasteiger partial charge on any atom is 0.141 e. The van der Waals surface area contributed by atoms with E-state index in [1.54, 1.807) is 7.11 Å². The highest BCUT2D eigenvalue weighted by atomic mass is 16.5. The third-order valence-electron chi connectivity index (χ3n) is 4.47. The number of hydrogen-bond acceptors (Lipinski definition) is 3. The van der Waals surface area contributed by atoms with Crippen molar-refractivity contribution in [3.05, 3.63) is 0 Å². The largest absolute Gasteiger partial charge is 0.392 e. The quantitative estimate of drug-likeness (QED) is 0.823. The van der Waals surface area contributed by atoms with Crippen molar-refractivity contribution in [3.8, 4) is 0 Å². The lowest BCUT2D eigenvalue weighted by Crippen LogP contribution is -2.40. The third-order valence-corrected chi connectivity index (χ3v) is 4.47. The van der Waals surface area contributed by atoms with Crippen LogP contribution in [-0.4, -0.2) is 30.2 Å². The highest BCUT2D eigenvalue weighted by molar-refractivity contribution is 5.84. The van der Waals surface area contributed by atoms with Crippen LogP contribution >= 0.6 is 0 Å². The van der Waals surface area contributed by atoms with E-state index in [0.29, 0.717) is 12.2 Å². The molecule has 3 nitrogen and oxygen atoms in total. The van der Waals surface area contributed by atoms with Crippen LogP contribution in [0.1, 0.15) is 51.4 Å². The van der Waals surface area contributed by atoms with Crippen molar-refractivity contribution in [2.24, 2.45) is 11.8 Å². The molecule has 3 unspecified atom stereocenters. The van der Waals surface area contributed by atoms with E-state index < -0.39 is 6.10 Å². The highest BCUT2D eigenvalue weighted by Gasteiger charge is 2.37. The van der Waals surface area contributed by atoms with Crippen LogP contribution in [0, 0.1) is 11.8 Å². The minimum absolute atomic E-state index is 0.121. The molecular weight excluding hydrogens is 216 g/mol. The van der Waals surface area contributed by atoms with Crippen LogP contribution in [0.2, 0.25) is 0 Å². The number of carbonyl (C=O) groups is 1. The molecule has 3 atom stereocenters. The van der Waals surface area contributed by atoms with Crippen molar-refractivity contribution in [2.75, 3.05) is 7.11 Å². The lowest BCUT2D eigenvalue weighted by atomic mass is 9.74. The van der Waals surface area contributed by atoms with E-state index in [1.807, 2.05) is 0 Å². The molecule has 2 saturated carbocycles. The van der Waals surface area contributed by atoms with E-state index in [9.17, 15) is 9.90 Å². The molecule has 0 aromatic carbocycles. The van der Waals surface area contributed by atoms with Gasteiger partial charge < -0.3 is 9.84 Å². The van der Waals surface area contributed by atoms with Crippen molar-refractivity contribution in [1.29, 1.82) is 0 Å². The van der Waals surface area contributed by atoms with Gasteiger partial charge in [0.25, 0.3) is 0 Å². The van der Waals surface area contributed by atoms with Crippen LogP contribution in [-0.2, 0) is 9.53 Å². The Hall–Kier alpha value is -0.410. The molecule has 0 radical (unpaired) electrons. The molecule has 0 aliphatic heterocycles. The molecule has 2 aliphatic rings. The smallest absolute Gasteiger partial charge is 0.141 e. The van der Waals surface area contributed by atoms with Crippen LogP contribution in [0.15, 0.2) is 0 Å². The zero-order chi connectivity index (χ0) is 12.3. The van der Waals surface area contributed by atoms with E-state index in [1.165, 1.54) is 19.3 Å². The Labute approximate surface area is 104 Å². The van der Waals surface area contributed by atoms with E-state index in [4.69, 9.17) is 4.74 Å². The Morgan fingerprint density at radius 1 is 1.12 bits per heavy atom. The second-order valence-electron chi connectivity index (χ2n) is 5.58. The molecule has 0 bridgehead atoms. The van der Waals surface area contributed by atoms with Crippen LogP contribution in [0.4, 0.5) is 0 Å². The number of hydrogen-bond donors (Lipinski definition) is 1. The molecule has 0 spiro atoms. The predicted molar refractivity (Wildman–Crippen MR) is 65.7 cm³/mol. The molecule has 0 heterocycles. The van der Waals surface area contributed by atoms with E-state index in [0.717, 1.165) is 25.7 Å². The first-order valence-electron chi connectivity index (χ1n) is 6.97. The fraction of sp³-hybridized carbons (Fsp3) is 0.929. The average Bonchev–Trinajstić information content (AvgIpc) is 2.39. The Balaban J connectivity index is 1.90. The molecule has 2 aliphatic carbocycles. The van der Waals surface area contributed by atoms with Gasteiger partial charge in [0.2, 0.25) is 0 Å². The molecule has 2 fully saturated rings. The van der Waals surface area contributed by atoms with E-state index >= 15 is 0 Å². The lowest BCUT2D eigenvalue weighted by Gasteiger charge is -2.34. The Morgan fingerprint density at radius 3 is 2.41 bits per heavy atom. The Kier molecular flexibility index (Phi) is 4.57. The van der Waals surface area contributed by atoms with Gasteiger partial charge in [-0.05, 0) is 25.7 Å². The summed E-state index contributed by atoms with van der Waals surface area (Å²) >= 11 is 0. The van der Waals surface area contributed by atoms with Gasteiger partial charge in [-0.25, -0.2) is 0 Å². The summed E-state index contributed by atoms with van der Waals surface area (Å²) < 4.78 is 5.26. The average molecular weight is 240 g/mol. The van der Waals surface area contributed by atoms with Crippen molar-refractivity contribution < 1.29 is 14.6 Å². The molecule has 0 amide bonds. The van der Waals surface area contributed by atoms with E-state index in [2.05, 4.69) is 0 Å². The standard InChI is InChI=1S/C14H24O3/c1-17-11-7-8-12(13(15)9-11)14(16)10-5-3-2-4-6-10/h10-13,15H,2-9H2,1H3. The zero-order valence-corrected chi connectivity index (χ0v) is 10.7. The minimum atomic E-state index is -0.483. The van der Waals surface area contributed by atoms with Gasteiger partial charge in [0.15, 0.2) is 0 Å². The number of carbonyl (C=O) groups excluding carboxylic acids is 1. The summed E-state index contributed by atoms with van der Waals surface area (Å²) in [6.45, 7) is 0. The van der Waals surface area contributed by atoms with E-state index in [-0.39, 0.29) is 17.9 Å². The van der Waals surface area contributed by atoms with Crippen LogP contribution in [0.25, 0.3) is 0 Å². The first-order chi connectivity index (χ1) is 8.22. The molecule has 98 valence electrons. The second-order valence-corrected chi connectivity index (χ2v) is 5.58. The number of ether oxygens (including phenoxy) is 1. The molecule has 0 aromatic rings. The first kappa shape index (κ1) is 13.0. The number of aliphatic hydroxyl groups is 1. The van der Waals surface area contributed by atoms with Gasteiger partial charge in [0, 0.05) is 25.4 Å². The molecular formula is C14H24O3. The van der Waals surface area contributed by atoms with Gasteiger partial charge in [-0.1, -0.05) is 19.3 Å². The summed E-state index contributed by atoms with van der Waals surface area (Å²) in [6, 6.07) is 0. The topological polar surface area (TPSA) is 46.5 Å². The van der Waals surface area contributed by atoms with Gasteiger partial charge in [0.05, 0.1) is 12.2 Å². The highest BCUT2D eigenvalue weighted by Crippen LogP contribution is 2.33. The zero-order valence-electron chi connectivity index (χ0n) is 10.7. The normalized spacial score (nSPS) is 35.8.